The van der Waals surface area contributed by atoms with Gasteiger partial charge in [-0.25, -0.2) is 4.98 Å². The molecule has 0 spiro atoms. The van der Waals surface area contributed by atoms with Crippen molar-refractivity contribution in [2.24, 2.45) is 0 Å². The lowest BCUT2D eigenvalue weighted by Gasteiger charge is -2.31. The first-order valence-corrected chi connectivity index (χ1v) is 7.00. The van der Waals surface area contributed by atoms with Gasteiger partial charge in [0.05, 0.1) is 5.56 Å². The van der Waals surface area contributed by atoms with Crippen LogP contribution in [0.4, 0.5) is 0 Å². The van der Waals surface area contributed by atoms with Crippen LogP contribution < -0.4 is 0 Å². The maximum Gasteiger partial charge on any atom is 0.257 e. The van der Waals surface area contributed by atoms with E-state index in [4.69, 9.17) is 4.42 Å². The Kier molecular flexibility index (Phi) is 3.34. The summed E-state index contributed by atoms with van der Waals surface area (Å²) in [4.78, 5) is 21.9. The van der Waals surface area contributed by atoms with E-state index in [1.807, 2.05) is 31.0 Å². The number of likely N-dealkylation sites (tertiary alicyclic amines) is 1. The number of imidazole rings is 1. The number of furan rings is 1. The maximum atomic E-state index is 12.5. The fourth-order valence-electron chi connectivity index (χ4n) is 2.87. The van der Waals surface area contributed by atoms with Crippen LogP contribution in [0.25, 0.3) is 0 Å². The van der Waals surface area contributed by atoms with Crippen molar-refractivity contribution in [1.29, 1.82) is 0 Å². The highest BCUT2D eigenvalue weighted by molar-refractivity contribution is 5.95. The van der Waals surface area contributed by atoms with Gasteiger partial charge in [-0.2, -0.15) is 0 Å². The van der Waals surface area contributed by atoms with Gasteiger partial charge in [0.15, 0.2) is 0 Å². The molecule has 3 heterocycles. The predicted octanol–water partition coefficient (Wildman–Crippen LogP) is 2.64. The summed E-state index contributed by atoms with van der Waals surface area (Å²) in [7, 11) is 0. The first-order valence-electron chi connectivity index (χ1n) is 7.00. The molecule has 0 aliphatic carbocycles. The molecule has 1 aliphatic heterocycles. The zero-order valence-electron chi connectivity index (χ0n) is 11.8. The van der Waals surface area contributed by atoms with E-state index in [1.54, 1.807) is 6.20 Å². The molecule has 106 valence electrons. The van der Waals surface area contributed by atoms with Crippen LogP contribution in [0.3, 0.4) is 0 Å². The second-order valence-electron chi connectivity index (χ2n) is 5.37. The summed E-state index contributed by atoms with van der Waals surface area (Å²) in [5.74, 6) is 3.04. The lowest BCUT2D eigenvalue weighted by atomic mass is 9.95. The first-order chi connectivity index (χ1) is 9.65. The van der Waals surface area contributed by atoms with Crippen LogP contribution in [-0.2, 0) is 0 Å². The van der Waals surface area contributed by atoms with Crippen LogP contribution in [0, 0.1) is 13.8 Å². The van der Waals surface area contributed by atoms with Crippen molar-refractivity contribution in [2.75, 3.05) is 13.1 Å². The number of hydrogen-bond acceptors (Lipinski definition) is 3. The monoisotopic (exact) mass is 273 g/mol. The Labute approximate surface area is 118 Å². The second kappa shape index (κ2) is 5.15. The number of carbonyl (C=O) groups excluding carboxylic acids is 1. The van der Waals surface area contributed by atoms with Crippen molar-refractivity contribution in [3.05, 3.63) is 41.4 Å². The van der Waals surface area contributed by atoms with Crippen molar-refractivity contribution in [3.63, 3.8) is 0 Å². The van der Waals surface area contributed by atoms with E-state index in [1.165, 1.54) is 0 Å². The van der Waals surface area contributed by atoms with Crippen molar-refractivity contribution in [3.8, 4) is 0 Å². The van der Waals surface area contributed by atoms with Gasteiger partial charge in [-0.05, 0) is 32.8 Å². The molecule has 0 atom stereocenters. The molecule has 1 aliphatic rings. The van der Waals surface area contributed by atoms with Crippen LogP contribution in [0.1, 0.15) is 46.5 Å². The number of aromatic nitrogens is 2. The Hall–Kier alpha value is -2.04. The molecule has 1 amide bonds. The van der Waals surface area contributed by atoms with Gasteiger partial charge in [-0.3, -0.25) is 4.79 Å². The van der Waals surface area contributed by atoms with E-state index >= 15 is 0 Å². The number of aryl methyl sites for hydroxylation is 2. The molecule has 0 saturated carbocycles. The Balaban J connectivity index is 1.66. The first kappa shape index (κ1) is 13.0. The molecule has 0 bridgehead atoms. The number of carbonyl (C=O) groups is 1. The molecule has 0 radical (unpaired) electrons. The third-order valence-corrected chi connectivity index (χ3v) is 3.96. The Bertz CT molecular complexity index is 593. The molecule has 2 aromatic rings. The van der Waals surface area contributed by atoms with Gasteiger partial charge in [-0.15, -0.1) is 0 Å². The largest absolute Gasteiger partial charge is 0.466 e. The van der Waals surface area contributed by atoms with Crippen LogP contribution >= 0.6 is 0 Å². The number of amides is 1. The van der Waals surface area contributed by atoms with Gasteiger partial charge in [0.25, 0.3) is 5.91 Å². The van der Waals surface area contributed by atoms with Crippen LogP contribution in [-0.4, -0.2) is 33.9 Å². The summed E-state index contributed by atoms with van der Waals surface area (Å²) in [6.45, 7) is 5.25. The van der Waals surface area contributed by atoms with Crippen molar-refractivity contribution in [2.45, 2.75) is 32.6 Å². The van der Waals surface area contributed by atoms with Gasteiger partial charge in [0.2, 0.25) is 0 Å². The average molecular weight is 273 g/mol. The quantitative estimate of drug-likeness (QED) is 0.915. The minimum Gasteiger partial charge on any atom is -0.466 e. The Morgan fingerprint density at radius 3 is 2.70 bits per heavy atom. The zero-order chi connectivity index (χ0) is 14.1. The van der Waals surface area contributed by atoms with E-state index in [2.05, 4.69) is 9.97 Å². The topological polar surface area (TPSA) is 62.1 Å². The van der Waals surface area contributed by atoms with Gasteiger partial charge >= 0.3 is 0 Å². The molecule has 2 aromatic heterocycles. The number of hydrogen-bond donors (Lipinski definition) is 1. The molecule has 20 heavy (non-hydrogen) atoms. The standard InChI is InChI=1S/C15H19N3O2/c1-10-9-13(11(2)20-10)15(19)18-7-3-12(4-8-18)14-16-5-6-17-14/h5-6,9,12H,3-4,7-8H2,1-2H3,(H,16,17). The van der Waals surface area contributed by atoms with E-state index in [-0.39, 0.29) is 5.91 Å². The number of rotatable bonds is 2. The number of nitrogens with zero attached hydrogens (tertiary/aromatic N) is 2. The van der Waals surface area contributed by atoms with Crippen molar-refractivity contribution >= 4 is 5.91 Å². The minimum atomic E-state index is 0.0808. The van der Waals surface area contributed by atoms with E-state index in [0.29, 0.717) is 17.2 Å². The number of aromatic amines is 1. The lowest BCUT2D eigenvalue weighted by Crippen LogP contribution is -2.38. The minimum absolute atomic E-state index is 0.0808. The third kappa shape index (κ3) is 2.35. The molecule has 1 N–H and O–H groups in total. The van der Waals surface area contributed by atoms with E-state index in [9.17, 15) is 4.79 Å². The van der Waals surface area contributed by atoms with Gasteiger partial charge < -0.3 is 14.3 Å². The SMILES string of the molecule is Cc1cc(C(=O)N2CCC(c3ncc[nH]3)CC2)c(C)o1. The van der Waals surface area contributed by atoms with E-state index in [0.717, 1.165) is 37.5 Å². The molecule has 0 aromatic carbocycles. The average Bonchev–Trinajstić information content (AvgIpc) is 3.08. The van der Waals surface area contributed by atoms with Gasteiger partial charge in [0.1, 0.15) is 17.3 Å². The van der Waals surface area contributed by atoms with E-state index < -0.39 is 0 Å². The van der Waals surface area contributed by atoms with Crippen LogP contribution in [0.15, 0.2) is 22.9 Å². The molecule has 5 heteroatoms. The molecular formula is C15H19N3O2. The highest BCUT2D eigenvalue weighted by Gasteiger charge is 2.27. The molecule has 1 saturated heterocycles. The van der Waals surface area contributed by atoms with Crippen LogP contribution in [0.2, 0.25) is 0 Å². The molecule has 0 unspecified atom stereocenters. The Morgan fingerprint density at radius 1 is 1.40 bits per heavy atom. The van der Waals surface area contributed by atoms with Crippen molar-refractivity contribution in [1.82, 2.24) is 14.9 Å². The third-order valence-electron chi connectivity index (χ3n) is 3.96. The summed E-state index contributed by atoms with van der Waals surface area (Å²) in [6.07, 6.45) is 5.54. The Morgan fingerprint density at radius 2 is 2.15 bits per heavy atom. The highest BCUT2D eigenvalue weighted by atomic mass is 16.3. The lowest BCUT2D eigenvalue weighted by molar-refractivity contribution is 0.0709. The smallest absolute Gasteiger partial charge is 0.257 e. The van der Waals surface area contributed by atoms with Gasteiger partial charge in [0, 0.05) is 31.4 Å². The molecule has 1 fully saturated rings. The summed E-state index contributed by atoms with van der Waals surface area (Å²) in [6, 6.07) is 1.83. The maximum absolute atomic E-state index is 12.5. The molecule has 3 rings (SSSR count). The van der Waals surface area contributed by atoms with Gasteiger partial charge in [-0.1, -0.05) is 0 Å². The number of piperidine rings is 1. The van der Waals surface area contributed by atoms with Crippen LogP contribution in [0.5, 0.6) is 0 Å². The summed E-state index contributed by atoms with van der Waals surface area (Å²) < 4.78 is 5.44. The summed E-state index contributed by atoms with van der Waals surface area (Å²) >= 11 is 0. The fourth-order valence-corrected chi connectivity index (χ4v) is 2.87. The fraction of sp³-hybridized carbons (Fsp3) is 0.467. The molecular weight excluding hydrogens is 254 g/mol. The summed E-state index contributed by atoms with van der Waals surface area (Å²) in [5.41, 5.74) is 0.693. The zero-order valence-corrected chi connectivity index (χ0v) is 11.8. The number of nitrogens with one attached hydrogen (secondary N) is 1. The normalized spacial score (nSPS) is 16.6. The number of H-pyrrole nitrogens is 1. The second-order valence-corrected chi connectivity index (χ2v) is 5.37. The molecule has 5 nitrogen and oxygen atoms in total. The van der Waals surface area contributed by atoms with Crippen molar-refractivity contribution < 1.29 is 9.21 Å². The predicted molar refractivity (Wildman–Crippen MR) is 74.6 cm³/mol. The summed E-state index contributed by atoms with van der Waals surface area (Å²) in [5, 5.41) is 0. The highest BCUT2D eigenvalue weighted by Crippen LogP contribution is 2.27.